The molecule has 3 nitrogen and oxygen atoms in total. The molecule has 1 saturated carbocycles. The Morgan fingerprint density at radius 2 is 2.05 bits per heavy atom. The normalized spacial score (nSPS) is 16.0. The van der Waals surface area contributed by atoms with Crippen LogP contribution in [0.1, 0.15) is 58.1 Å². The summed E-state index contributed by atoms with van der Waals surface area (Å²) in [7, 11) is 0. The van der Waals surface area contributed by atoms with Crippen LogP contribution in [0.15, 0.2) is 18.2 Å². The second kappa shape index (κ2) is 7.69. The van der Waals surface area contributed by atoms with Crippen molar-refractivity contribution in [2.45, 2.75) is 52.5 Å². The van der Waals surface area contributed by atoms with Crippen LogP contribution in [0, 0.1) is 5.92 Å². The van der Waals surface area contributed by atoms with Crippen molar-refractivity contribution in [3.05, 3.63) is 23.8 Å². The van der Waals surface area contributed by atoms with E-state index in [1.807, 2.05) is 6.07 Å². The smallest absolute Gasteiger partial charge is 0.122 e. The number of phenolic OH excluding ortho intramolecular Hbond substituents is 1. The van der Waals surface area contributed by atoms with Crippen LogP contribution in [0.5, 0.6) is 5.75 Å². The van der Waals surface area contributed by atoms with Crippen LogP contribution in [-0.4, -0.2) is 24.7 Å². The molecule has 1 unspecified atom stereocenters. The van der Waals surface area contributed by atoms with E-state index in [9.17, 15) is 5.11 Å². The number of rotatable bonds is 9. The summed E-state index contributed by atoms with van der Waals surface area (Å²) >= 11 is 0. The first kappa shape index (κ1) is 16.2. The number of nitrogens with zero attached hydrogens (tertiary/aromatic N) is 1. The minimum Gasteiger partial charge on any atom is -0.508 e. The second-order valence-corrected chi connectivity index (χ2v) is 6.31. The summed E-state index contributed by atoms with van der Waals surface area (Å²) in [5.74, 6) is 1.28. The predicted octanol–water partition coefficient (Wildman–Crippen LogP) is 4.08. The van der Waals surface area contributed by atoms with E-state index in [2.05, 4.69) is 43.1 Å². The third kappa shape index (κ3) is 4.63. The van der Waals surface area contributed by atoms with E-state index < -0.39 is 0 Å². The quantitative estimate of drug-likeness (QED) is 0.719. The molecule has 0 radical (unpaired) electrons. The Morgan fingerprint density at radius 1 is 1.29 bits per heavy atom. The van der Waals surface area contributed by atoms with Gasteiger partial charge >= 0.3 is 0 Å². The van der Waals surface area contributed by atoms with E-state index in [1.165, 1.54) is 12.8 Å². The molecule has 2 N–H and O–H groups in total. The van der Waals surface area contributed by atoms with Gasteiger partial charge in [0.2, 0.25) is 0 Å². The zero-order valence-corrected chi connectivity index (χ0v) is 13.7. The molecule has 0 spiro atoms. The molecule has 0 amide bonds. The average Bonchev–Trinajstić information content (AvgIpc) is 3.28. The van der Waals surface area contributed by atoms with Crippen molar-refractivity contribution >= 4 is 5.69 Å². The SMILES string of the molecule is CCCNC(C)c1ccc(N(CCC)CC2CC2)cc1O. The molecule has 0 heterocycles. The van der Waals surface area contributed by atoms with Crippen LogP contribution < -0.4 is 10.2 Å². The highest BCUT2D eigenvalue weighted by atomic mass is 16.3. The summed E-state index contributed by atoms with van der Waals surface area (Å²) in [6.45, 7) is 9.66. The first-order valence-corrected chi connectivity index (χ1v) is 8.46. The van der Waals surface area contributed by atoms with Crippen LogP contribution in [0.2, 0.25) is 0 Å². The molecule has 1 aliphatic carbocycles. The molecular weight excluding hydrogens is 260 g/mol. The van der Waals surface area contributed by atoms with Crippen molar-refractivity contribution in [3.63, 3.8) is 0 Å². The molecular formula is C18H30N2O. The van der Waals surface area contributed by atoms with Crippen molar-refractivity contribution < 1.29 is 5.11 Å². The Bertz CT molecular complexity index is 443. The summed E-state index contributed by atoms with van der Waals surface area (Å²) in [6, 6.07) is 6.38. The summed E-state index contributed by atoms with van der Waals surface area (Å²) in [4.78, 5) is 2.42. The molecule has 1 aliphatic rings. The minimum atomic E-state index is 0.196. The number of aromatic hydroxyl groups is 1. The Kier molecular flexibility index (Phi) is 5.92. The summed E-state index contributed by atoms with van der Waals surface area (Å²) in [5.41, 5.74) is 2.16. The zero-order chi connectivity index (χ0) is 15.2. The number of anilines is 1. The molecule has 0 aromatic heterocycles. The number of phenols is 1. The van der Waals surface area contributed by atoms with Gasteiger partial charge in [-0.2, -0.15) is 0 Å². The molecule has 0 saturated heterocycles. The maximum absolute atomic E-state index is 10.4. The molecule has 0 bridgehead atoms. The van der Waals surface area contributed by atoms with E-state index in [-0.39, 0.29) is 6.04 Å². The van der Waals surface area contributed by atoms with Crippen molar-refractivity contribution in [3.8, 4) is 5.75 Å². The van der Waals surface area contributed by atoms with Crippen molar-refractivity contribution in [2.75, 3.05) is 24.5 Å². The van der Waals surface area contributed by atoms with Crippen molar-refractivity contribution in [2.24, 2.45) is 5.92 Å². The molecule has 21 heavy (non-hydrogen) atoms. The Balaban J connectivity index is 2.08. The lowest BCUT2D eigenvalue weighted by molar-refractivity contribution is 0.452. The van der Waals surface area contributed by atoms with Gasteiger partial charge in [0, 0.05) is 36.4 Å². The van der Waals surface area contributed by atoms with Gasteiger partial charge in [0.1, 0.15) is 5.75 Å². The summed E-state index contributed by atoms with van der Waals surface area (Å²) in [5, 5.41) is 13.8. The Morgan fingerprint density at radius 3 is 2.62 bits per heavy atom. The number of hydrogen-bond donors (Lipinski definition) is 2. The lowest BCUT2D eigenvalue weighted by Crippen LogP contribution is -2.26. The van der Waals surface area contributed by atoms with E-state index in [4.69, 9.17) is 0 Å². The molecule has 1 fully saturated rings. The van der Waals surface area contributed by atoms with Gasteiger partial charge in [0.15, 0.2) is 0 Å². The molecule has 3 heteroatoms. The monoisotopic (exact) mass is 290 g/mol. The topological polar surface area (TPSA) is 35.5 Å². The lowest BCUT2D eigenvalue weighted by Gasteiger charge is -2.25. The van der Waals surface area contributed by atoms with Gasteiger partial charge in [0.25, 0.3) is 0 Å². The molecule has 118 valence electrons. The third-order valence-electron chi connectivity index (χ3n) is 4.22. The van der Waals surface area contributed by atoms with E-state index in [0.717, 1.165) is 49.6 Å². The molecule has 2 rings (SSSR count). The van der Waals surface area contributed by atoms with Crippen LogP contribution in [0.25, 0.3) is 0 Å². The van der Waals surface area contributed by atoms with Crippen LogP contribution in [0.4, 0.5) is 5.69 Å². The highest BCUT2D eigenvalue weighted by Crippen LogP contribution is 2.34. The highest BCUT2D eigenvalue weighted by Gasteiger charge is 2.24. The van der Waals surface area contributed by atoms with Gasteiger partial charge in [-0.05, 0) is 51.1 Å². The number of benzene rings is 1. The number of nitrogens with one attached hydrogen (secondary N) is 1. The second-order valence-electron chi connectivity index (χ2n) is 6.31. The van der Waals surface area contributed by atoms with Crippen LogP contribution >= 0.6 is 0 Å². The maximum atomic E-state index is 10.4. The summed E-state index contributed by atoms with van der Waals surface area (Å²) in [6.07, 6.45) is 4.98. The molecule has 0 aliphatic heterocycles. The average molecular weight is 290 g/mol. The molecule has 1 atom stereocenters. The Hall–Kier alpha value is -1.22. The fraction of sp³-hybridized carbons (Fsp3) is 0.667. The predicted molar refractivity (Wildman–Crippen MR) is 90.0 cm³/mol. The van der Waals surface area contributed by atoms with Crippen LogP contribution in [-0.2, 0) is 0 Å². The summed E-state index contributed by atoms with van der Waals surface area (Å²) < 4.78 is 0. The van der Waals surface area contributed by atoms with E-state index in [0.29, 0.717) is 5.75 Å². The van der Waals surface area contributed by atoms with Gasteiger partial charge in [-0.15, -0.1) is 0 Å². The molecule has 1 aromatic rings. The van der Waals surface area contributed by atoms with E-state index in [1.54, 1.807) is 0 Å². The third-order valence-corrected chi connectivity index (χ3v) is 4.22. The van der Waals surface area contributed by atoms with Crippen molar-refractivity contribution in [1.82, 2.24) is 5.32 Å². The van der Waals surface area contributed by atoms with Crippen molar-refractivity contribution in [1.29, 1.82) is 0 Å². The zero-order valence-electron chi connectivity index (χ0n) is 13.7. The van der Waals surface area contributed by atoms with Gasteiger partial charge in [0.05, 0.1) is 0 Å². The van der Waals surface area contributed by atoms with E-state index >= 15 is 0 Å². The first-order valence-electron chi connectivity index (χ1n) is 8.46. The standard InChI is InChI=1S/C18H30N2O/c1-4-10-19-14(3)17-9-8-16(12-18(17)21)20(11-5-2)13-15-6-7-15/h8-9,12,14-15,19,21H,4-7,10-11,13H2,1-3H3. The minimum absolute atomic E-state index is 0.196. The molecule has 1 aromatic carbocycles. The first-order chi connectivity index (χ1) is 10.2. The largest absolute Gasteiger partial charge is 0.508 e. The van der Waals surface area contributed by atoms with Crippen LogP contribution in [0.3, 0.4) is 0 Å². The highest BCUT2D eigenvalue weighted by molar-refractivity contribution is 5.54. The Labute approximate surface area is 129 Å². The lowest BCUT2D eigenvalue weighted by atomic mass is 10.1. The van der Waals surface area contributed by atoms with Gasteiger partial charge in [-0.25, -0.2) is 0 Å². The van der Waals surface area contributed by atoms with Gasteiger partial charge < -0.3 is 15.3 Å². The maximum Gasteiger partial charge on any atom is 0.122 e. The van der Waals surface area contributed by atoms with Gasteiger partial charge in [-0.3, -0.25) is 0 Å². The number of hydrogen-bond acceptors (Lipinski definition) is 3. The van der Waals surface area contributed by atoms with Gasteiger partial charge in [-0.1, -0.05) is 19.9 Å². The fourth-order valence-electron chi connectivity index (χ4n) is 2.77. The fourth-order valence-corrected chi connectivity index (χ4v) is 2.77.